The molecule has 4 atom stereocenters. The van der Waals surface area contributed by atoms with Gasteiger partial charge >= 0.3 is 5.97 Å². The number of nitrogens with one attached hydrogen (secondary N) is 3. The van der Waals surface area contributed by atoms with Gasteiger partial charge in [-0.1, -0.05) is 0 Å². The van der Waals surface area contributed by atoms with Crippen LogP contribution in [-0.4, -0.2) is 89.2 Å². The van der Waals surface area contributed by atoms with E-state index in [0.29, 0.717) is 38.8 Å². The van der Waals surface area contributed by atoms with Crippen LogP contribution < -0.4 is 21.7 Å². The van der Waals surface area contributed by atoms with E-state index >= 15 is 0 Å². The molecule has 2 saturated heterocycles. The molecule has 0 aromatic heterocycles. The molecule has 30 heavy (non-hydrogen) atoms. The number of carbonyl (C=O) groups excluding carboxylic acids is 3. The molecule has 2 fully saturated rings. The standard InChI is InChI=1S/C19H33N5O6/c20-8-2-1-5-13(19(29)30)22-16(26)14(11-25)23-17(27)15-7-4-10-24(15)18(28)12-6-3-9-21-12/h12-15,21,25H,1-11,20H2,(H,22,26)(H,23,27)(H,29,30). The van der Waals surface area contributed by atoms with E-state index in [9.17, 15) is 29.4 Å². The minimum absolute atomic E-state index is 0.124. The molecule has 0 saturated carbocycles. The predicted molar refractivity (Wildman–Crippen MR) is 107 cm³/mol. The fourth-order valence-corrected chi connectivity index (χ4v) is 3.88. The van der Waals surface area contributed by atoms with Crippen molar-refractivity contribution in [1.29, 1.82) is 0 Å². The summed E-state index contributed by atoms with van der Waals surface area (Å²) >= 11 is 0. The molecule has 170 valence electrons. The van der Waals surface area contributed by atoms with Crippen LogP contribution >= 0.6 is 0 Å². The van der Waals surface area contributed by atoms with Crippen molar-refractivity contribution >= 4 is 23.7 Å². The zero-order valence-corrected chi connectivity index (χ0v) is 17.1. The van der Waals surface area contributed by atoms with Gasteiger partial charge in [-0.15, -0.1) is 0 Å². The average molecular weight is 428 g/mol. The second-order valence-electron chi connectivity index (χ2n) is 7.77. The van der Waals surface area contributed by atoms with Crippen LogP contribution in [0.4, 0.5) is 0 Å². The summed E-state index contributed by atoms with van der Waals surface area (Å²) < 4.78 is 0. The molecule has 0 aromatic carbocycles. The van der Waals surface area contributed by atoms with E-state index in [1.165, 1.54) is 4.90 Å². The Kier molecular flexibility index (Phi) is 9.47. The molecule has 11 nitrogen and oxygen atoms in total. The lowest BCUT2D eigenvalue weighted by Crippen LogP contribution is -2.57. The summed E-state index contributed by atoms with van der Waals surface area (Å²) in [5, 5.41) is 26.8. The Morgan fingerprint density at radius 2 is 1.87 bits per heavy atom. The monoisotopic (exact) mass is 427 g/mol. The smallest absolute Gasteiger partial charge is 0.326 e. The SMILES string of the molecule is NCCCCC(NC(=O)C(CO)NC(=O)C1CCCN1C(=O)C1CCCN1)C(=O)O. The first-order chi connectivity index (χ1) is 14.4. The second kappa shape index (κ2) is 11.8. The average Bonchev–Trinajstić information content (AvgIpc) is 3.42. The van der Waals surface area contributed by atoms with Gasteiger partial charge in [-0.3, -0.25) is 14.4 Å². The topological polar surface area (TPSA) is 174 Å². The molecule has 0 bridgehead atoms. The van der Waals surface area contributed by atoms with Crippen molar-refractivity contribution in [1.82, 2.24) is 20.9 Å². The Labute approximate surface area is 175 Å². The van der Waals surface area contributed by atoms with Gasteiger partial charge in [0.15, 0.2) is 0 Å². The number of aliphatic carboxylic acids is 1. The maximum absolute atomic E-state index is 12.7. The minimum atomic E-state index is -1.30. The number of carbonyl (C=O) groups is 4. The highest BCUT2D eigenvalue weighted by Crippen LogP contribution is 2.21. The maximum Gasteiger partial charge on any atom is 0.326 e. The minimum Gasteiger partial charge on any atom is -0.480 e. The lowest BCUT2D eigenvalue weighted by molar-refractivity contribution is -0.143. The van der Waals surface area contributed by atoms with Crippen LogP contribution in [-0.2, 0) is 19.2 Å². The summed E-state index contributed by atoms with van der Waals surface area (Å²) in [6.07, 6.45) is 4.13. The van der Waals surface area contributed by atoms with Crippen molar-refractivity contribution in [2.75, 3.05) is 26.2 Å². The Morgan fingerprint density at radius 1 is 1.10 bits per heavy atom. The van der Waals surface area contributed by atoms with E-state index < -0.39 is 42.5 Å². The molecule has 0 radical (unpaired) electrons. The van der Waals surface area contributed by atoms with Gasteiger partial charge in [-0.25, -0.2) is 4.79 Å². The van der Waals surface area contributed by atoms with E-state index in [1.54, 1.807) is 0 Å². The van der Waals surface area contributed by atoms with Crippen LogP contribution in [0.15, 0.2) is 0 Å². The lowest BCUT2D eigenvalue weighted by atomic mass is 10.1. The molecule has 4 unspecified atom stereocenters. The number of aliphatic hydroxyl groups excluding tert-OH is 1. The molecule has 3 amide bonds. The number of hydrogen-bond donors (Lipinski definition) is 6. The van der Waals surface area contributed by atoms with Gasteiger partial charge in [-0.2, -0.15) is 0 Å². The van der Waals surface area contributed by atoms with Crippen molar-refractivity contribution in [2.24, 2.45) is 5.73 Å². The fourth-order valence-electron chi connectivity index (χ4n) is 3.88. The molecule has 0 aromatic rings. The Morgan fingerprint density at radius 3 is 2.47 bits per heavy atom. The number of nitrogens with two attached hydrogens (primary N) is 1. The molecular weight excluding hydrogens is 394 g/mol. The van der Waals surface area contributed by atoms with Gasteiger partial charge in [0.25, 0.3) is 0 Å². The molecular formula is C19H33N5O6. The van der Waals surface area contributed by atoms with Crippen LogP contribution in [0, 0.1) is 0 Å². The van der Waals surface area contributed by atoms with Gasteiger partial charge in [0.2, 0.25) is 17.7 Å². The van der Waals surface area contributed by atoms with Crippen LogP contribution in [0.1, 0.15) is 44.9 Å². The van der Waals surface area contributed by atoms with E-state index in [1.807, 2.05) is 0 Å². The molecule has 7 N–H and O–H groups in total. The Bertz CT molecular complexity index is 625. The van der Waals surface area contributed by atoms with Gasteiger partial charge in [0, 0.05) is 6.54 Å². The van der Waals surface area contributed by atoms with Crippen LogP contribution in [0.2, 0.25) is 0 Å². The second-order valence-corrected chi connectivity index (χ2v) is 7.77. The zero-order chi connectivity index (χ0) is 22.1. The van der Waals surface area contributed by atoms with E-state index in [4.69, 9.17) is 5.73 Å². The highest BCUT2D eigenvalue weighted by atomic mass is 16.4. The van der Waals surface area contributed by atoms with Crippen molar-refractivity contribution < 1.29 is 29.4 Å². The first-order valence-electron chi connectivity index (χ1n) is 10.6. The summed E-state index contributed by atoms with van der Waals surface area (Å²) in [5.74, 6) is -2.62. The highest BCUT2D eigenvalue weighted by Gasteiger charge is 2.39. The summed E-state index contributed by atoms with van der Waals surface area (Å²) in [4.78, 5) is 50.7. The fraction of sp³-hybridized carbons (Fsp3) is 0.789. The van der Waals surface area contributed by atoms with Crippen molar-refractivity contribution in [3.8, 4) is 0 Å². The number of carboxylic acids is 1. The van der Waals surface area contributed by atoms with Crippen LogP contribution in [0.5, 0.6) is 0 Å². The van der Waals surface area contributed by atoms with Crippen LogP contribution in [0.25, 0.3) is 0 Å². The molecule has 2 heterocycles. The van der Waals surface area contributed by atoms with Gasteiger partial charge in [0.1, 0.15) is 18.1 Å². The van der Waals surface area contributed by atoms with Crippen molar-refractivity contribution in [2.45, 2.75) is 69.1 Å². The molecule has 2 aliphatic rings. The molecule has 11 heteroatoms. The first-order valence-corrected chi connectivity index (χ1v) is 10.6. The van der Waals surface area contributed by atoms with E-state index in [0.717, 1.165) is 19.4 Å². The molecule has 2 rings (SSSR count). The number of rotatable bonds is 11. The number of likely N-dealkylation sites (tertiary alicyclic amines) is 1. The van der Waals surface area contributed by atoms with Crippen LogP contribution in [0.3, 0.4) is 0 Å². The molecule has 0 spiro atoms. The number of aliphatic hydroxyl groups is 1. The van der Waals surface area contributed by atoms with Gasteiger partial charge in [0.05, 0.1) is 12.6 Å². The summed E-state index contributed by atoms with van der Waals surface area (Å²) in [5.41, 5.74) is 5.40. The van der Waals surface area contributed by atoms with Crippen molar-refractivity contribution in [3.05, 3.63) is 0 Å². The highest BCUT2D eigenvalue weighted by molar-refractivity contribution is 5.94. The third kappa shape index (κ3) is 6.38. The Balaban J connectivity index is 1.94. The number of amides is 3. The number of nitrogens with zero attached hydrogens (tertiary/aromatic N) is 1. The summed E-state index contributed by atoms with van der Waals surface area (Å²) in [6, 6.07) is -3.43. The number of unbranched alkanes of at least 4 members (excludes halogenated alkanes) is 1. The lowest BCUT2D eigenvalue weighted by Gasteiger charge is -2.28. The quantitative estimate of drug-likeness (QED) is 0.203. The summed E-state index contributed by atoms with van der Waals surface area (Å²) in [7, 11) is 0. The van der Waals surface area contributed by atoms with Gasteiger partial charge in [-0.05, 0) is 58.0 Å². The first kappa shape index (κ1) is 24.0. The van der Waals surface area contributed by atoms with E-state index in [2.05, 4.69) is 16.0 Å². The maximum atomic E-state index is 12.7. The number of hydrogen-bond acceptors (Lipinski definition) is 7. The molecule has 0 aliphatic carbocycles. The normalized spacial score (nSPS) is 23.1. The van der Waals surface area contributed by atoms with Gasteiger partial charge < -0.3 is 36.8 Å². The third-order valence-electron chi connectivity index (χ3n) is 5.57. The van der Waals surface area contributed by atoms with E-state index in [-0.39, 0.29) is 18.4 Å². The summed E-state index contributed by atoms with van der Waals surface area (Å²) in [6.45, 7) is 0.970. The zero-order valence-electron chi connectivity index (χ0n) is 17.1. The predicted octanol–water partition coefficient (Wildman–Crippen LogP) is -2.10. The molecule has 2 aliphatic heterocycles. The Hall–Kier alpha value is -2.24. The van der Waals surface area contributed by atoms with Crippen molar-refractivity contribution in [3.63, 3.8) is 0 Å². The third-order valence-corrected chi connectivity index (χ3v) is 5.57. The largest absolute Gasteiger partial charge is 0.480 e. The number of carboxylic acid groups (broad SMARTS) is 1.